The van der Waals surface area contributed by atoms with Gasteiger partial charge in [-0.05, 0) is 75.5 Å². The molecule has 3 aromatic heterocycles. The van der Waals surface area contributed by atoms with E-state index in [0.29, 0.717) is 0 Å². The molecule has 0 radical (unpaired) electrons. The highest BCUT2D eigenvalue weighted by Crippen LogP contribution is 2.54. The van der Waals surface area contributed by atoms with Gasteiger partial charge in [0.1, 0.15) is 5.65 Å². The quantitative estimate of drug-likeness (QED) is 0.229. The molecule has 0 bridgehead atoms. The molecule has 0 unspecified atom stereocenters. The molecule has 3 nitrogen and oxygen atoms in total. The Balaban J connectivity index is 1.64. The van der Waals surface area contributed by atoms with Gasteiger partial charge in [-0.2, -0.15) is 0 Å². The van der Waals surface area contributed by atoms with Crippen molar-refractivity contribution in [2.24, 2.45) is 0 Å². The van der Waals surface area contributed by atoms with Gasteiger partial charge in [0.05, 0.1) is 16.6 Å². The molecule has 4 aromatic carbocycles. The summed E-state index contributed by atoms with van der Waals surface area (Å²) in [6.45, 7) is 0. The van der Waals surface area contributed by atoms with E-state index in [4.69, 9.17) is 4.98 Å². The minimum Gasteiger partial charge on any atom is -0.292 e. The third-order valence-corrected chi connectivity index (χ3v) is 8.11. The number of hydrogen-bond acceptors (Lipinski definition) is 2. The predicted molar refractivity (Wildman–Crippen MR) is 142 cm³/mol. The van der Waals surface area contributed by atoms with E-state index in [1.807, 2.05) is 6.20 Å². The van der Waals surface area contributed by atoms with Crippen LogP contribution < -0.4 is 0 Å². The lowest BCUT2D eigenvalue weighted by Crippen LogP contribution is -1.99. The van der Waals surface area contributed by atoms with Gasteiger partial charge >= 0.3 is 0 Å². The Hall–Kier alpha value is -4.50. The Morgan fingerprint density at radius 2 is 1.34 bits per heavy atom. The van der Waals surface area contributed by atoms with Crippen molar-refractivity contribution in [1.82, 2.24) is 14.4 Å². The first-order valence-electron chi connectivity index (χ1n) is 12.2. The average Bonchev–Trinajstić information content (AvgIpc) is 3.59. The topological polar surface area (TPSA) is 30.2 Å². The zero-order chi connectivity index (χ0) is 22.7. The Labute approximate surface area is 201 Å². The summed E-state index contributed by atoms with van der Waals surface area (Å²) in [5, 5.41) is 3.79. The molecular formula is C32H19N3. The van der Waals surface area contributed by atoms with Gasteiger partial charge in [0.15, 0.2) is 0 Å². The van der Waals surface area contributed by atoms with Gasteiger partial charge in [0.2, 0.25) is 0 Å². The molecule has 2 aliphatic carbocycles. The number of fused-ring (bicyclic) bond motifs is 17. The molecule has 0 fully saturated rings. The normalized spacial score (nSPS) is 13.5. The van der Waals surface area contributed by atoms with E-state index in [2.05, 4.69) is 94.4 Å². The largest absolute Gasteiger partial charge is 0.292 e. The lowest BCUT2D eigenvalue weighted by atomic mass is 9.88. The number of imidazole rings is 1. The van der Waals surface area contributed by atoms with Crippen molar-refractivity contribution in [2.75, 3.05) is 0 Å². The highest BCUT2D eigenvalue weighted by atomic mass is 15.0. The van der Waals surface area contributed by atoms with Crippen LogP contribution >= 0.6 is 0 Å². The molecule has 9 rings (SSSR count). The van der Waals surface area contributed by atoms with Crippen LogP contribution in [0.3, 0.4) is 0 Å². The third kappa shape index (κ3) is 2.08. The number of aromatic nitrogens is 3. The number of rotatable bonds is 0. The van der Waals surface area contributed by atoms with E-state index in [-0.39, 0.29) is 0 Å². The molecule has 0 aliphatic heterocycles. The Morgan fingerprint density at radius 3 is 2.20 bits per heavy atom. The van der Waals surface area contributed by atoms with Gasteiger partial charge in [-0.3, -0.25) is 9.38 Å². The highest BCUT2D eigenvalue weighted by Gasteiger charge is 2.33. The van der Waals surface area contributed by atoms with E-state index in [9.17, 15) is 0 Å². The molecule has 162 valence electrons. The number of benzene rings is 4. The van der Waals surface area contributed by atoms with Crippen LogP contribution in [0.5, 0.6) is 0 Å². The Kier molecular flexibility index (Phi) is 3.14. The van der Waals surface area contributed by atoms with Crippen molar-refractivity contribution >= 4 is 38.4 Å². The summed E-state index contributed by atoms with van der Waals surface area (Å²) in [7, 11) is 0. The lowest BCUT2D eigenvalue weighted by molar-refractivity contribution is 1.24. The summed E-state index contributed by atoms with van der Waals surface area (Å²) >= 11 is 0. The summed E-state index contributed by atoms with van der Waals surface area (Å²) in [6, 6.07) is 28.5. The van der Waals surface area contributed by atoms with Gasteiger partial charge in [-0.15, -0.1) is 0 Å². The fourth-order valence-electron chi connectivity index (χ4n) is 6.78. The first-order chi connectivity index (χ1) is 17.4. The maximum Gasteiger partial charge on any atom is 0.146 e. The molecule has 0 atom stereocenters. The molecule has 0 amide bonds. The maximum atomic E-state index is 5.26. The molecule has 0 spiro atoms. The smallest absolute Gasteiger partial charge is 0.146 e. The summed E-state index contributed by atoms with van der Waals surface area (Å²) in [4.78, 5) is 9.87. The maximum absolute atomic E-state index is 5.26. The number of hydrogen-bond donors (Lipinski definition) is 0. The molecule has 0 N–H and O–H groups in total. The summed E-state index contributed by atoms with van der Waals surface area (Å²) < 4.78 is 2.35. The summed E-state index contributed by atoms with van der Waals surface area (Å²) in [5.74, 6) is 0. The third-order valence-electron chi connectivity index (χ3n) is 8.11. The fourth-order valence-corrected chi connectivity index (χ4v) is 6.78. The molecular weight excluding hydrogens is 426 g/mol. The second-order valence-corrected chi connectivity index (χ2v) is 9.78. The lowest BCUT2D eigenvalue weighted by Gasteiger charge is -2.18. The van der Waals surface area contributed by atoms with Gasteiger partial charge in [0, 0.05) is 28.6 Å². The second kappa shape index (κ2) is 6.13. The van der Waals surface area contributed by atoms with Crippen LogP contribution in [0.25, 0.3) is 60.6 Å². The summed E-state index contributed by atoms with van der Waals surface area (Å²) in [5.41, 5.74) is 15.6. The van der Waals surface area contributed by atoms with Crippen molar-refractivity contribution in [3.63, 3.8) is 0 Å². The molecule has 7 aromatic rings. The molecule has 35 heavy (non-hydrogen) atoms. The number of nitrogens with zero attached hydrogens (tertiary/aromatic N) is 3. The second-order valence-electron chi connectivity index (χ2n) is 9.78. The number of para-hydroxylation sites is 2. The van der Waals surface area contributed by atoms with E-state index in [1.54, 1.807) is 0 Å². The molecule has 3 heteroatoms. The van der Waals surface area contributed by atoms with Crippen molar-refractivity contribution in [2.45, 2.75) is 12.8 Å². The summed E-state index contributed by atoms with van der Waals surface area (Å²) in [6.07, 6.45) is 5.87. The first kappa shape index (κ1) is 17.9. The van der Waals surface area contributed by atoms with E-state index in [1.165, 1.54) is 66.2 Å². The zero-order valence-electron chi connectivity index (χ0n) is 18.9. The van der Waals surface area contributed by atoms with Gasteiger partial charge in [-0.1, -0.05) is 60.7 Å². The van der Waals surface area contributed by atoms with Crippen molar-refractivity contribution in [3.05, 3.63) is 114 Å². The van der Waals surface area contributed by atoms with Gasteiger partial charge in [-0.25, -0.2) is 4.98 Å². The standard InChI is InChI=1S/C32H19N3/c1-3-9-20-18(7-1)16-23-28(20)22-15-19-8-2-4-10-21(19)29(22)30-24-17-33-14-13-26(24)35-27-12-6-5-11-25(27)34-32(35)31(23)30/h1-14,17H,15-16H2. The Bertz CT molecular complexity index is 2060. The Morgan fingerprint density at radius 1 is 0.629 bits per heavy atom. The van der Waals surface area contributed by atoms with E-state index >= 15 is 0 Å². The zero-order valence-corrected chi connectivity index (χ0v) is 18.9. The van der Waals surface area contributed by atoms with Crippen molar-refractivity contribution in [1.29, 1.82) is 0 Å². The molecule has 3 heterocycles. The van der Waals surface area contributed by atoms with Gasteiger partial charge in [0.25, 0.3) is 0 Å². The van der Waals surface area contributed by atoms with Crippen LogP contribution in [0, 0.1) is 0 Å². The van der Waals surface area contributed by atoms with E-state index < -0.39 is 0 Å². The van der Waals surface area contributed by atoms with Crippen molar-refractivity contribution < 1.29 is 0 Å². The molecule has 0 saturated carbocycles. The van der Waals surface area contributed by atoms with Crippen LogP contribution in [0.4, 0.5) is 0 Å². The van der Waals surface area contributed by atoms with Crippen LogP contribution in [0.15, 0.2) is 91.3 Å². The number of pyridine rings is 2. The average molecular weight is 446 g/mol. The minimum absolute atomic E-state index is 0.941. The minimum atomic E-state index is 0.941. The monoisotopic (exact) mass is 445 g/mol. The first-order valence-corrected chi connectivity index (χ1v) is 12.2. The van der Waals surface area contributed by atoms with Crippen LogP contribution in [-0.2, 0) is 12.8 Å². The van der Waals surface area contributed by atoms with Gasteiger partial charge < -0.3 is 0 Å². The van der Waals surface area contributed by atoms with Crippen LogP contribution in [0.2, 0.25) is 0 Å². The SMILES string of the molecule is c1ccc2c(c1)Cc1c-2c2c(c3c4cnccc4n4c5ccccc5nc4c13)-c1ccccc1C2. The fraction of sp³-hybridized carbons (Fsp3) is 0.0625. The van der Waals surface area contributed by atoms with Crippen molar-refractivity contribution in [3.8, 4) is 22.3 Å². The predicted octanol–water partition coefficient (Wildman–Crippen LogP) is 7.33. The molecule has 2 aliphatic rings. The van der Waals surface area contributed by atoms with E-state index in [0.717, 1.165) is 29.5 Å². The highest BCUT2D eigenvalue weighted by molar-refractivity contribution is 6.23. The molecule has 0 saturated heterocycles. The van der Waals surface area contributed by atoms with Crippen LogP contribution in [-0.4, -0.2) is 14.4 Å². The van der Waals surface area contributed by atoms with Crippen LogP contribution in [0.1, 0.15) is 22.3 Å².